The highest BCUT2D eigenvalue weighted by atomic mass is 32.1. The molecule has 4 heteroatoms. The van der Waals surface area contributed by atoms with Crippen LogP contribution in [0, 0.1) is 5.92 Å². The number of nitrogens with one attached hydrogen (secondary N) is 1. The molecular formula is C11H17N3S. The molecule has 3 fully saturated rings. The van der Waals surface area contributed by atoms with E-state index < -0.39 is 0 Å². The van der Waals surface area contributed by atoms with Crippen LogP contribution in [0.15, 0.2) is 11.6 Å². The van der Waals surface area contributed by atoms with Crippen molar-refractivity contribution in [2.24, 2.45) is 5.92 Å². The molecule has 0 spiro atoms. The molecule has 1 aromatic rings. The Morgan fingerprint density at radius 2 is 2.33 bits per heavy atom. The molecule has 1 unspecified atom stereocenters. The smallest absolute Gasteiger partial charge is 0.106 e. The molecule has 4 rings (SSSR count). The third-order valence-corrected chi connectivity index (χ3v) is 4.43. The summed E-state index contributed by atoms with van der Waals surface area (Å²) in [5.74, 6) is 0.912. The topological polar surface area (TPSA) is 28.2 Å². The molecule has 0 amide bonds. The molecule has 0 aromatic carbocycles. The molecule has 4 heterocycles. The van der Waals surface area contributed by atoms with Gasteiger partial charge in [-0.2, -0.15) is 0 Å². The molecule has 1 atom stereocenters. The fraction of sp³-hybridized carbons (Fsp3) is 0.727. The molecule has 3 aliphatic heterocycles. The molecule has 0 aliphatic carbocycles. The lowest BCUT2D eigenvalue weighted by Gasteiger charge is -2.45. The highest BCUT2D eigenvalue weighted by Crippen LogP contribution is 2.27. The summed E-state index contributed by atoms with van der Waals surface area (Å²) in [5, 5.41) is 6.93. The Kier molecular flexibility index (Phi) is 2.73. The van der Waals surface area contributed by atoms with Gasteiger partial charge in [0.05, 0.1) is 0 Å². The molecule has 3 nitrogen and oxygen atoms in total. The summed E-state index contributed by atoms with van der Waals surface area (Å²) in [5.41, 5.74) is 0. The van der Waals surface area contributed by atoms with Crippen molar-refractivity contribution in [2.45, 2.75) is 25.4 Å². The summed E-state index contributed by atoms with van der Waals surface area (Å²) in [6, 6.07) is 0.705. The van der Waals surface area contributed by atoms with Crippen molar-refractivity contribution in [1.82, 2.24) is 15.2 Å². The SMILES string of the molecule is c1csc(CNC2CN3CCC2CC3)n1. The van der Waals surface area contributed by atoms with Crippen molar-refractivity contribution >= 4 is 11.3 Å². The summed E-state index contributed by atoms with van der Waals surface area (Å²) in [6.07, 6.45) is 4.66. The summed E-state index contributed by atoms with van der Waals surface area (Å²) in [6.45, 7) is 4.84. The number of aromatic nitrogens is 1. The predicted octanol–water partition coefficient (Wildman–Crippen LogP) is 1.33. The van der Waals surface area contributed by atoms with Crippen molar-refractivity contribution in [1.29, 1.82) is 0 Å². The van der Waals surface area contributed by atoms with Gasteiger partial charge < -0.3 is 10.2 Å². The fourth-order valence-electron chi connectivity index (χ4n) is 2.76. The minimum Gasteiger partial charge on any atom is -0.306 e. The monoisotopic (exact) mass is 223 g/mol. The van der Waals surface area contributed by atoms with Crippen LogP contribution in [0.1, 0.15) is 17.8 Å². The summed E-state index contributed by atoms with van der Waals surface area (Å²) in [7, 11) is 0. The number of fused-ring (bicyclic) bond motifs is 3. The molecule has 1 N–H and O–H groups in total. The minimum atomic E-state index is 0.705. The lowest BCUT2D eigenvalue weighted by atomic mass is 9.84. The maximum absolute atomic E-state index is 4.31. The van der Waals surface area contributed by atoms with Crippen molar-refractivity contribution in [3.05, 3.63) is 16.6 Å². The van der Waals surface area contributed by atoms with E-state index in [1.54, 1.807) is 11.3 Å². The molecule has 2 bridgehead atoms. The van der Waals surface area contributed by atoms with Crippen LogP contribution in [0.5, 0.6) is 0 Å². The summed E-state index contributed by atoms with van der Waals surface area (Å²) in [4.78, 5) is 6.89. The van der Waals surface area contributed by atoms with Crippen LogP contribution >= 0.6 is 11.3 Å². The Hall–Kier alpha value is -0.450. The average molecular weight is 223 g/mol. The normalized spacial score (nSPS) is 34.5. The summed E-state index contributed by atoms with van der Waals surface area (Å²) >= 11 is 1.74. The van der Waals surface area contributed by atoms with E-state index in [-0.39, 0.29) is 0 Å². The number of nitrogens with zero attached hydrogens (tertiary/aromatic N) is 2. The molecule has 1 aromatic heterocycles. The van der Waals surface area contributed by atoms with Crippen molar-refractivity contribution in [3.63, 3.8) is 0 Å². The van der Waals surface area contributed by atoms with E-state index in [0.717, 1.165) is 12.5 Å². The zero-order chi connectivity index (χ0) is 10.1. The van der Waals surface area contributed by atoms with Gasteiger partial charge >= 0.3 is 0 Å². The van der Waals surface area contributed by atoms with Gasteiger partial charge in [0.15, 0.2) is 0 Å². The van der Waals surface area contributed by atoms with Crippen LogP contribution < -0.4 is 5.32 Å². The standard InChI is InChI=1S/C11H17N3S/c1-4-14-5-2-9(1)10(8-14)13-7-11-12-3-6-15-11/h3,6,9-10,13H,1-2,4-5,7-8H2. The third-order valence-electron chi connectivity index (χ3n) is 3.66. The van der Waals surface area contributed by atoms with E-state index in [9.17, 15) is 0 Å². The van der Waals surface area contributed by atoms with Crippen LogP contribution in [0.2, 0.25) is 0 Å². The second kappa shape index (κ2) is 4.20. The Morgan fingerprint density at radius 3 is 2.93 bits per heavy atom. The Balaban J connectivity index is 1.55. The first-order valence-electron chi connectivity index (χ1n) is 5.76. The molecule has 0 radical (unpaired) electrons. The first kappa shape index (κ1) is 9.75. The second-order valence-electron chi connectivity index (χ2n) is 4.55. The van der Waals surface area contributed by atoms with Crippen molar-refractivity contribution in [3.8, 4) is 0 Å². The van der Waals surface area contributed by atoms with E-state index in [0.29, 0.717) is 6.04 Å². The van der Waals surface area contributed by atoms with Gasteiger partial charge in [-0.15, -0.1) is 11.3 Å². The fourth-order valence-corrected chi connectivity index (χ4v) is 3.32. The summed E-state index contributed by atoms with van der Waals surface area (Å²) < 4.78 is 0. The number of piperidine rings is 3. The van der Waals surface area contributed by atoms with E-state index in [2.05, 4.69) is 15.2 Å². The van der Waals surface area contributed by atoms with Crippen LogP contribution in [-0.2, 0) is 6.54 Å². The highest BCUT2D eigenvalue weighted by Gasteiger charge is 2.33. The van der Waals surface area contributed by atoms with Crippen LogP contribution in [0.25, 0.3) is 0 Å². The molecule has 3 aliphatic rings. The third kappa shape index (κ3) is 2.07. The quantitative estimate of drug-likeness (QED) is 0.838. The number of rotatable bonds is 3. The molecule has 82 valence electrons. The van der Waals surface area contributed by atoms with Crippen LogP contribution in [-0.4, -0.2) is 35.6 Å². The molecular weight excluding hydrogens is 206 g/mol. The number of thiazole rings is 1. The van der Waals surface area contributed by atoms with Crippen molar-refractivity contribution < 1.29 is 0 Å². The number of hydrogen-bond acceptors (Lipinski definition) is 4. The Labute approximate surface area is 94.5 Å². The zero-order valence-electron chi connectivity index (χ0n) is 8.85. The zero-order valence-corrected chi connectivity index (χ0v) is 9.67. The molecule has 3 saturated heterocycles. The van der Waals surface area contributed by atoms with E-state index in [1.807, 2.05) is 11.6 Å². The van der Waals surface area contributed by atoms with Gasteiger partial charge in [0.25, 0.3) is 0 Å². The predicted molar refractivity (Wildman–Crippen MR) is 61.9 cm³/mol. The maximum Gasteiger partial charge on any atom is 0.106 e. The minimum absolute atomic E-state index is 0.705. The van der Waals surface area contributed by atoms with Gasteiger partial charge in [-0.3, -0.25) is 0 Å². The van der Waals surface area contributed by atoms with Crippen molar-refractivity contribution in [2.75, 3.05) is 19.6 Å². The largest absolute Gasteiger partial charge is 0.306 e. The lowest BCUT2D eigenvalue weighted by Crippen LogP contribution is -2.55. The van der Waals surface area contributed by atoms with E-state index in [1.165, 1.54) is 37.5 Å². The first-order chi connectivity index (χ1) is 7.42. The average Bonchev–Trinajstić information content (AvgIpc) is 2.81. The maximum atomic E-state index is 4.31. The van der Waals surface area contributed by atoms with Crippen LogP contribution in [0.4, 0.5) is 0 Å². The Bertz CT molecular complexity index is 304. The van der Waals surface area contributed by atoms with Gasteiger partial charge in [-0.25, -0.2) is 4.98 Å². The number of hydrogen-bond donors (Lipinski definition) is 1. The molecule has 15 heavy (non-hydrogen) atoms. The molecule has 0 saturated carbocycles. The first-order valence-corrected chi connectivity index (χ1v) is 6.64. The van der Waals surface area contributed by atoms with E-state index >= 15 is 0 Å². The van der Waals surface area contributed by atoms with Gasteiger partial charge in [0.2, 0.25) is 0 Å². The van der Waals surface area contributed by atoms with Gasteiger partial charge in [-0.05, 0) is 31.8 Å². The highest BCUT2D eigenvalue weighted by molar-refractivity contribution is 7.09. The Morgan fingerprint density at radius 1 is 1.47 bits per heavy atom. The van der Waals surface area contributed by atoms with E-state index in [4.69, 9.17) is 0 Å². The van der Waals surface area contributed by atoms with Gasteiger partial charge in [0, 0.05) is 30.7 Å². The second-order valence-corrected chi connectivity index (χ2v) is 5.53. The van der Waals surface area contributed by atoms with Gasteiger partial charge in [0.1, 0.15) is 5.01 Å². The lowest BCUT2D eigenvalue weighted by molar-refractivity contribution is 0.0720. The van der Waals surface area contributed by atoms with Gasteiger partial charge in [-0.1, -0.05) is 0 Å². The van der Waals surface area contributed by atoms with Crippen LogP contribution in [0.3, 0.4) is 0 Å².